The fourth-order valence-corrected chi connectivity index (χ4v) is 3.79. The second kappa shape index (κ2) is 9.12. The number of carbonyl (C=O) groups is 1. The van der Waals surface area contributed by atoms with Gasteiger partial charge in [-0.1, -0.05) is 25.1 Å². The zero-order valence-corrected chi connectivity index (χ0v) is 18.9. The van der Waals surface area contributed by atoms with Gasteiger partial charge in [0.2, 0.25) is 11.9 Å². The molecule has 2 aromatic carbocycles. The average molecular weight is 468 g/mol. The van der Waals surface area contributed by atoms with Gasteiger partial charge in [-0.2, -0.15) is 18.3 Å². The third-order valence-electron chi connectivity index (χ3n) is 5.43. The molecule has 0 saturated heterocycles. The smallest absolute Gasteiger partial charge is 0.357 e. The lowest BCUT2D eigenvalue weighted by Crippen LogP contribution is -2.15. The van der Waals surface area contributed by atoms with Crippen molar-refractivity contribution < 1.29 is 18.0 Å². The normalized spacial score (nSPS) is 11.6. The van der Waals surface area contributed by atoms with Gasteiger partial charge in [0.15, 0.2) is 5.82 Å². The van der Waals surface area contributed by atoms with Crippen molar-refractivity contribution in [1.29, 1.82) is 0 Å². The molecule has 1 amide bonds. The first-order valence-electron chi connectivity index (χ1n) is 10.7. The lowest BCUT2D eigenvalue weighted by molar-refractivity contribution is -0.137. The lowest BCUT2D eigenvalue weighted by atomic mass is 10.0. The van der Waals surface area contributed by atoms with Crippen molar-refractivity contribution in [3.63, 3.8) is 0 Å². The number of hydrogen-bond donors (Lipinski definition) is 2. The Morgan fingerprint density at radius 2 is 1.94 bits per heavy atom. The van der Waals surface area contributed by atoms with Gasteiger partial charge in [0.25, 0.3) is 0 Å². The molecular weight excluding hydrogens is 445 g/mol. The van der Waals surface area contributed by atoms with Crippen molar-refractivity contribution >= 4 is 28.6 Å². The molecule has 7 nitrogen and oxygen atoms in total. The number of rotatable bonds is 6. The minimum Gasteiger partial charge on any atom is -0.357 e. The zero-order valence-electron chi connectivity index (χ0n) is 18.9. The van der Waals surface area contributed by atoms with E-state index in [-0.39, 0.29) is 12.0 Å². The number of benzene rings is 2. The molecule has 0 aliphatic rings. The molecule has 4 aromatic rings. The number of carbonyl (C=O) groups excluding carboxylic acids is 1. The summed E-state index contributed by atoms with van der Waals surface area (Å²) in [5, 5.41) is 10.8. The van der Waals surface area contributed by atoms with Crippen LogP contribution in [0.25, 0.3) is 22.2 Å². The molecule has 176 valence electrons. The van der Waals surface area contributed by atoms with Crippen molar-refractivity contribution in [3.8, 4) is 11.3 Å². The molecule has 0 bridgehead atoms. The van der Waals surface area contributed by atoms with E-state index in [4.69, 9.17) is 0 Å². The molecular formula is C24H23F3N6O. The summed E-state index contributed by atoms with van der Waals surface area (Å²) in [7, 11) is 3.52. The van der Waals surface area contributed by atoms with Gasteiger partial charge >= 0.3 is 6.18 Å². The third-order valence-corrected chi connectivity index (χ3v) is 5.43. The number of halogens is 3. The van der Waals surface area contributed by atoms with Gasteiger partial charge in [-0.25, -0.2) is 9.97 Å². The molecule has 2 heterocycles. The predicted octanol–water partition coefficient (Wildman–Crippen LogP) is 4.83. The van der Waals surface area contributed by atoms with Gasteiger partial charge in [-0.3, -0.25) is 9.48 Å². The van der Waals surface area contributed by atoms with Gasteiger partial charge in [-0.05, 0) is 35.7 Å². The maximum Gasteiger partial charge on any atom is 0.416 e. The summed E-state index contributed by atoms with van der Waals surface area (Å²) in [5.41, 5.74) is 3.05. The van der Waals surface area contributed by atoms with Gasteiger partial charge in [0, 0.05) is 37.3 Å². The number of aromatic nitrogens is 4. The summed E-state index contributed by atoms with van der Waals surface area (Å²) in [6.45, 7) is 2.04. The third kappa shape index (κ3) is 4.85. The first-order chi connectivity index (χ1) is 16.2. The fourth-order valence-electron chi connectivity index (χ4n) is 3.79. The number of nitrogens with one attached hydrogen (secondary N) is 2. The van der Waals surface area contributed by atoms with E-state index in [9.17, 15) is 18.0 Å². The van der Waals surface area contributed by atoms with Gasteiger partial charge in [0.1, 0.15) is 0 Å². The van der Waals surface area contributed by atoms with Crippen molar-refractivity contribution in [3.05, 3.63) is 65.4 Å². The topological polar surface area (TPSA) is 84.7 Å². The average Bonchev–Trinajstić information content (AvgIpc) is 3.17. The zero-order chi connectivity index (χ0) is 24.5. The van der Waals surface area contributed by atoms with Crippen molar-refractivity contribution in [1.82, 2.24) is 19.7 Å². The largest absolute Gasteiger partial charge is 0.416 e. The summed E-state index contributed by atoms with van der Waals surface area (Å²) in [4.78, 5) is 21.3. The number of alkyl halides is 3. The van der Waals surface area contributed by atoms with E-state index in [2.05, 4.69) is 25.7 Å². The molecule has 34 heavy (non-hydrogen) atoms. The van der Waals surface area contributed by atoms with Crippen LogP contribution in [0, 0.1) is 0 Å². The Morgan fingerprint density at radius 3 is 2.65 bits per heavy atom. The van der Waals surface area contributed by atoms with Crippen molar-refractivity contribution in [2.24, 2.45) is 7.05 Å². The van der Waals surface area contributed by atoms with E-state index in [0.29, 0.717) is 11.8 Å². The summed E-state index contributed by atoms with van der Waals surface area (Å²) in [6, 6.07) is 10.4. The standard InChI is InChI=1S/C24H23F3N6O/c1-4-15-10-16(11-17-13-29-23(28-2)31-22(15)17)19-12-20(32-33(19)3)30-21(34)9-14-6-5-7-18(8-14)24(25,26)27/h5-8,10-13H,4,9H2,1-3H3,(H,28,29,31)(H,30,32,34). The SMILES string of the molecule is CCc1cc(-c2cc(NC(=O)Cc3cccc(C(F)(F)F)c3)nn2C)cc2cnc(NC)nc12. The van der Waals surface area contributed by atoms with E-state index in [1.807, 2.05) is 19.1 Å². The minimum absolute atomic E-state index is 0.197. The maximum absolute atomic E-state index is 12.9. The Balaban J connectivity index is 1.57. The summed E-state index contributed by atoms with van der Waals surface area (Å²) >= 11 is 0. The Morgan fingerprint density at radius 1 is 1.15 bits per heavy atom. The fraction of sp³-hybridized carbons (Fsp3) is 0.250. The van der Waals surface area contributed by atoms with Gasteiger partial charge < -0.3 is 10.6 Å². The van der Waals surface area contributed by atoms with Crippen LogP contribution in [0.3, 0.4) is 0 Å². The van der Waals surface area contributed by atoms with Crippen LogP contribution in [0.15, 0.2) is 48.7 Å². The summed E-state index contributed by atoms with van der Waals surface area (Å²) in [5.74, 6) is 0.403. The number of nitrogens with zero attached hydrogens (tertiary/aromatic N) is 4. The highest BCUT2D eigenvalue weighted by atomic mass is 19.4. The highest BCUT2D eigenvalue weighted by Crippen LogP contribution is 2.30. The van der Waals surface area contributed by atoms with Crippen LogP contribution in [0.1, 0.15) is 23.6 Å². The van der Waals surface area contributed by atoms with Crippen LogP contribution in [-0.2, 0) is 30.9 Å². The van der Waals surface area contributed by atoms with Crippen LogP contribution < -0.4 is 10.6 Å². The highest BCUT2D eigenvalue weighted by Gasteiger charge is 2.30. The molecule has 0 fully saturated rings. The highest BCUT2D eigenvalue weighted by molar-refractivity contribution is 5.92. The second-order valence-electron chi connectivity index (χ2n) is 7.83. The van der Waals surface area contributed by atoms with Crippen molar-refractivity contribution in [2.45, 2.75) is 25.9 Å². The van der Waals surface area contributed by atoms with E-state index in [0.717, 1.165) is 46.3 Å². The number of aryl methyl sites for hydroxylation is 2. The van der Waals surface area contributed by atoms with Crippen LogP contribution >= 0.6 is 0 Å². The molecule has 0 unspecified atom stereocenters. The molecule has 0 saturated carbocycles. The van der Waals surface area contributed by atoms with Gasteiger partial charge in [-0.15, -0.1) is 0 Å². The Bertz CT molecular complexity index is 1360. The Kier molecular flexibility index (Phi) is 6.23. The van der Waals surface area contributed by atoms with E-state index < -0.39 is 17.6 Å². The first kappa shape index (κ1) is 23.2. The summed E-state index contributed by atoms with van der Waals surface area (Å²) in [6.07, 6.45) is -2.13. The number of amides is 1. The van der Waals surface area contributed by atoms with Crippen LogP contribution in [0.5, 0.6) is 0 Å². The maximum atomic E-state index is 12.9. The van der Waals surface area contributed by atoms with Crippen LogP contribution in [0.2, 0.25) is 0 Å². The number of hydrogen-bond acceptors (Lipinski definition) is 5. The van der Waals surface area contributed by atoms with E-state index in [1.165, 1.54) is 12.1 Å². The molecule has 0 atom stereocenters. The lowest BCUT2D eigenvalue weighted by Gasteiger charge is -2.09. The molecule has 2 aromatic heterocycles. The summed E-state index contributed by atoms with van der Waals surface area (Å²) < 4.78 is 40.4. The predicted molar refractivity (Wildman–Crippen MR) is 124 cm³/mol. The van der Waals surface area contributed by atoms with Crippen molar-refractivity contribution in [2.75, 3.05) is 17.7 Å². The van der Waals surface area contributed by atoms with E-state index >= 15 is 0 Å². The molecule has 0 radical (unpaired) electrons. The first-order valence-corrected chi connectivity index (χ1v) is 10.7. The second-order valence-corrected chi connectivity index (χ2v) is 7.83. The van der Waals surface area contributed by atoms with E-state index in [1.54, 1.807) is 31.0 Å². The molecule has 0 aliphatic heterocycles. The Labute approximate surface area is 194 Å². The van der Waals surface area contributed by atoms with Gasteiger partial charge in [0.05, 0.1) is 23.2 Å². The molecule has 2 N–H and O–H groups in total. The molecule has 4 rings (SSSR count). The quantitative estimate of drug-likeness (QED) is 0.423. The van der Waals surface area contributed by atoms with Crippen LogP contribution in [-0.4, -0.2) is 32.7 Å². The monoisotopic (exact) mass is 468 g/mol. The number of fused-ring (bicyclic) bond motifs is 1. The van der Waals surface area contributed by atoms with Crippen LogP contribution in [0.4, 0.5) is 24.9 Å². The molecule has 0 spiro atoms. The Hall–Kier alpha value is -3.95. The minimum atomic E-state index is -4.46. The molecule has 0 aliphatic carbocycles. The molecule has 10 heteroatoms. The number of anilines is 2.